The molecule has 5 rings (SSSR count). The number of nitrogens with zero attached hydrogens (tertiary/aromatic N) is 5. The van der Waals surface area contributed by atoms with Crippen LogP contribution < -0.4 is 21.8 Å². The average Bonchev–Trinajstić information content (AvgIpc) is 3.44. The van der Waals surface area contributed by atoms with Crippen LogP contribution in [0.2, 0.25) is 0 Å². The summed E-state index contributed by atoms with van der Waals surface area (Å²) in [6, 6.07) is 0. The van der Waals surface area contributed by atoms with Gasteiger partial charge in [0.05, 0.1) is 23.7 Å². The van der Waals surface area contributed by atoms with Crippen molar-refractivity contribution in [3.63, 3.8) is 0 Å². The molecule has 0 fully saturated rings. The predicted octanol–water partition coefficient (Wildman–Crippen LogP) is 1.06. The van der Waals surface area contributed by atoms with Crippen molar-refractivity contribution < 1.29 is 14.3 Å². The quantitative estimate of drug-likeness (QED) is 0.500. The van der Waals surface area contributed by atoms with Crippen LogP contribution in [-0.2, 0) is 27.4 Å². The van der Waals surface area contributed by atoms with Crippen LogP contribution in [0.4, 0.5) is 5.95 Å². The van der Waals surface area contributed by atoms with Crippen LogP contribution in [0.3, 0.4) is 0 Å². The van der Waals surface area contributed by atoms with Crippen molar-refractivity contribution in [1.29, 1.82) is 0 Å². The number of anilines is 1. The van der Waals surface area contributed by atoms with E-state index in [0.717, 1.165) is 28.3 Å². The summed E-state index contributed by atoms with van der Waals surface area (Å²) in [5, 5.41) is 15.3. The Morgan fingerprint density at radius 2 is 2.03 bits per heavy atom. The number of aromatic nitrogens is 3. The molecule has 1 unspecified atom stereocenters. The number of carbonyl (C=O) groups is 2. The van der Waals surface area contributed by atoms with Gasteiger partial charge in [-0.05, 0) is 18.9 Å². The van der Waals surface area contributed by atoms with Crippen LogP contribution >= 0.6 is 34.9 Å². The van der Waals surface area contributed by atoms with Crippen molar-refractivity contribution in [2.75, 3.05) is 16.4 Å². The lowest BCUT2D eigenvalue weighted by atomic mass is 9.88. The second kappa shape index (κ2) is 7.93. The van der Waals surface area contributed by atoms with Crippen molar-refractivity contribution in [3.8, 4) is 5.00 Å². The van der Waals surface area contributed by atoms with Crippen LogP contribution in [0, 0.1) is 0 Å². The number of nitrogens with one attached hydrogen (secondary N) is 1. The lowest BCUT2D eigenvalue weighted by Gasteiger charge is -2.35. The smallest absolute Gasteiger partial charge is 0.241 e. The standard InChI is InChI=1S/C18H22N8O3S3/c1-3-18(2)4-8-9(5-29-18)32-14-12(8)13-21-23-16(30-6-10(19)27)25(13)15-22-24-17(26(14)15)31-7-11(20)28/h13,21H,3-7H2,1-2H3,(H2,19,27)(H2,20,28)/t13?,18-/m1/s1. The number of thiophene rings is 1. The Labute approximate surface area is 196 Å². The molecule has 0 saturated carbocycles. The van der Waals surface area contributed by atoms with Gasteiger partial charge in [-0.1, -0.05) is 30.4 Å². The zero-order valence-electron chi connectivity index (χ0n) is 17.5. The first kappa shape index (κ1) is 21.6. The van der Waals surface area contributed by atoms with E-state index in [1.54, 1.807) is 11.3 Å². The molecule has 2 amide bonds. The molecule has 170 valence electrons. The summed E-state index contributed by atoms with van der Waals surface area (Å²) in [6.07, 6.45) is 1.40. The molecule has 2 aromatic heterocycles. The lowest BCUT2D eigenvalue weighted by Crippen LogP contribution is -2.40. The summed E-state index contributed by atoms with van der Waals surface area (Å²) in [5.74, 6) is -0.109. The van der Waals surface area contributed by atoms with Gasteiger partial charge < -0.3 is 16.2 Å². The van der Waals surface area contributed by atoms with Crippen molar-refractivity contribution in [3.05, 3.63) is 16.0 Å². The van der Waals surface area contributed by atoms with E-state index in [2.05, 4.69) is 34.6 Å². The number of hydrogen-bond donors (Lipinski definition) is 3. The summed E-state index contributed by atoms with van der Waals surface area (Å²) >= 11 is 4.13. The number of carbonyl (C=O) groups excluding carboxylic acids is 2. The van der Waals surface area contributed by atoms with Gasteiger partial charge in [-0.25, -0.2) is 4.57 Å². The molecule has 3 aliphatic rings. The van der Waals surface area contributed by atoms with Crippen LogP contribution in [0.25, 0.3) is 5.00 Å². The summed E-state index contributed by atoms with van der Waals surface area (Å²) in [5.41, 5.74) is 16.0. The van der Waals surface area contributed by atoms with E-state index >= 15 is 0 Å². The van der Waals surface area contributed by atoms with Crippen LogP contribution in [-0.4, -0.2) is 48.9 Å². The fourth-order valence-electron chi connectivity index (χ4n) is 3.96. The SMILES string of the molecule is CC[C@]1(C)Cc2c(sc3c2C2NN=C(SCC(N)=O)N2c2nnc(SCC(N)=O)n2-3)CO1. The van der Waals surface area contributed by atoms with Crippen LogP contribution in [0.15, 0.2) is 10.3 Å². The van der Waals surface area contributed by atoms with Gasteiger partial charge in [-0.2, -0.15) is 5.10 Å². The van der Waals surface area contributed by atoms with Crippen molar-refractivity contribution in [2.24, 2.45) is 16.6 Å². The highest BCUT2D eigenvalue weighted by Crippen LogP contribution is 2.50. The number of nitrogens with two attached hydrogens (primary N) is 2. The van der Waals surface area contributed by atoms with Crippen LogP contribution in [0.5, 0.6) is 0 Å². The Morgan fingerprint density at radius 1 is 1.28 bits per heavy atom. The van der Waals surface area contributed by atoms with Gasteiger partial charge in [0.1, 0.15) is 5.00 Å². The van der Waals surface area contributed by atoms with E-state index in [9.17, 15) is 9.59 Å². The third kappa shape index (κ3) is 3.45. The summed E-state index contributed by atoms with van der Waals surface area (Å²) in [6.45, 7) is 4.79. The largest absolute Gasteiger partial charge is 0.369 e. The fraction of sp³-hybridized carbons (Fsp3) is 0.500. The fourth-order valence-corrected chi connectivity index (χ4v) is 6.66. The number of fused-ring (bicyclic) bond motifs is 8. The Bertz CT molecular complexity index is 1140. The van der Waals surface area contributed by atoms with E-state index in [1.165, 1.54) is 29.1 Å². The maximum atomic E-state index is 11.4. The molecule has 2 atom stereocenters. The molecule has 0 radical (unpaired) electrons. The Balaban J connectivity index is 1.63. The summed E-state index contributed by atoms with van der Waals surface area (Å²) in [7, 11) is 0. The minimum absolute atomic E-state index is 0.0919. The molecular weight excluding hydrogens is 472 g/mol. The first-order valence-corrected chi connectivity index (χ1v) is 12.8. The van der Waals surface area contributed by atoms with Crippen LogP contribution in [0.1, 0.15) is 42.4 Å². The van der Waals surface area contributed by atoms with E-state index in [0.29, 0.717) is 22.9 Å². The molecule has 0 aromatic carbocycles. The molecule has 5 N–H and O–H groups in total. The molecule has 0 spiro atoms. The predicted molar refractivity (Wildman–Crippen MR) is 124 cm³/mol. The van der Waals surface area contributed by atoms with Crippen molar-refractivity contribution in [1.82, 2.24) is 20.2 Å². The third-order valence-corrected chi connectivity index (χ3v) is 8.84. The zero-order valence-corrected chi connectivity index (χ0v) is 19.9. The molecule has 0 bridgehead atoms. The molecular formula is C18H22N8O3S3. The van der Waals surface area contributed by atoms with E-state index in [-0.39, 0.29) is 23.3 Å². The molecule has 0 saturated heterocycles. The van der Waals surface area contributed by atoms with Gasteiger partial charge in [0, 0.05) is 16.9 Å². The van der Waals surface area contributed by atoms with Gasteiger partial charge in [-0.3, -0.25) is 19.9 Å². The van der Waals surface area contributed by atoms with Gasteiger partial charge in [0.25, 0.3) is 0 Å². The highest BCUT2D eigenvalue weighted by atomic mass is 32.2. The van der Waals surface area contributed by atoms with E-state index in [4.69, 9.17) is 16.2 Å². The van der Waals surface area contributed by atoms with E-state index in [1.807, 2.05) is 9.47 Å². The van der Waals surface area contributed by atoms with Gasteiger partial charge in [0.2, 0.25) is 17.8 Å². The number of ether oxygens (including phenoxy) is 1. The molecule has 3 aliphatic heterocycles. The molecule has 14 heteroatoms. The van der Waals surface area contributed by atoms with Gasteiger partial charge in [0.15, 0.2) is 16.5 Å². The maximum absolute atomic E-state index is 11.4. The number of thioether (sulfide) groups is 2. The number of amides is 2. The van der Waals surface area contributed by atoms with Crippen molar-refractivity contribution in [2.45, 2.75) is 50.2 Å². The molecule has 32 heavy (non-hydrogen) atoms. The first-order chi connectivity index (χ1) is 15.3. The normalized spacial score (nSPS) is 23.0. The second-order valence-corrected chi connectivity index (χ2v) is 10.9. The zero-order chi connectivity index (χ0) is 22.6. The third-order valence-electron chi connectivity index (χ3n) is 5.70. The minimum Gasteiger partial charge on any atom is -0.369 e. The monoisotopic (exact) mass is 494 g/mol. The highest BCUT2D eigenvalue weighted by Gasteiger charge is 2.46. The number of hydrogen-bond acceptors (Lipinski definition) is 11. The molecule has 2 aromatic rings. The summed E-state index contributed by atoms with van der Waals surface area (Å²) < 4.78 is 8.12. The summed E-state index contributed by atoms with van der Waals surface area (Å²) in [4.78, 5) is 25.9. The lowest BCUT2D eigenvalue weighted by molar-refractivity contribution is -0.116. The maximum Gasteiger partial charge on any atom is 0.241 e. The topological polar surface area (TPSA) is 154 Å². The van der Waals surface area contributed by atoms with Gasteiger partial charge >= 0.3 is 0 Å². The Morgan fingerprint density at radius 3 is 2.75 bits per heavy atom. The first-order valence-electron chi connectivity index (χ1n) is 10.00. The average molecular weight is 495 g/mol. The Kier molecular flexibility index (Phi) is 5.34. The number of rotatable bonds is 6. The number of hydrazone groups is 1. The minimum atomic E-state index is -0.430. The number of amidine groups is 1. The molecule has 5 heterocycles. The molecule has 11 nitrogen and oxygen atoms in total. The van der Waals surface area contributed by atoms with Crippen molar-refractivity contribution >= 4 is 57.8 Å². The Hall–Kier alpha value is -2.29. The van der Waals surface area contributed by atoms with Gasteiger partial charge in [-0.15, -0.1) is 21.5 Å². The van der Waals surface area contributed by atoms with E-state index < -0.39 is 11.8 Å². The second-order valence-electron chi connectivity index (χ2n) is 7.92. The highest BCUT2D eigenvalue weighted by molar-refractivity contribution is 8.14. The number of primary amides is 2. The molecule has 0 aliphatic carbocycles.